The molecule has 1 aliphatic heterocycles. The number of anilines is 2. The maximum Gasteiger partial charge on any atom is 0.324 e. The van der Waals surface area contributed by atoms with Crippen molar-refractivity contribution >= 4 is 23.3 Å². The van der Waals surface area contributed by atoms with Crippen molar-refractivity contribution in [3.63, 3.8) is 0 Å². The molecule has 0 unspecified atom stereocenters. The summed E-state index contributed by atoms with van der Waals surface area (Å²) in [5.74, 6) is 0.314. The second-order valence-electron chi connectivity index (χ2n) is 6.36. The first-order valence-electron chi connectivity index (χ1n) is 8.30. The maximum atomic E-state index is 12.8. The number of rotatable bonds is 1. The molecule has 1 aromatic carbocycles. The standard InChI is InChI=1S/C18H20N6O/c1-13-11-22(2)15-8-4-3-7-14(15)12-23(13)18(25)20-17-19-16-9-5-6-10-24(16)21-17/h3-10,13H,11-12H2,1-2H3,(H,20,21,25)/t13-/m0/s1. The Morgan fingerprint density at radius 3 is 2.84 bits per heavy atom. The topological polar surface area (TPSA) is 65.8 Å². The second kappa shape index (κ2) is 6.08. The summed E-state index contributed by atoms with van der Waals surface area (Å²) < 4.78 is 1.64. The molecule has 0 radical (unpaired) electrons. The molecule has 4 rings (SSSR count). The summed E-state index contributed by atoms with van der Waals surface area (Å²) in [7, 11) is 2.06. The molecule has 1 atom stereocenters. The van der Waals surface area contributed by atoms with E-state index in [1.165, 1.54) is 0 Å². The Kier molecular flexibility index (Phi) is 3.76. The quantitative estimate of drug-likeness (QED) is 0.742. The van der Waals surface area contributed by atoms with Gasteiger partial charge in [0.05, 0.1) is 0 Å². The van der Waals surface area contributed by atoms with Crippen LogP contribution < -0.4 is 10.2 Å². The smallest absolute Gasteiger partial charge is 0.324 e. The lowest BCUT2D eigenvalue weighted by atomic mass is 10.1. The zero-order valence-electron chi connectivity index (χ0n) is 14.3. The molecule has 0 saturated carbocycles. The molecule has 3 aromatic rings. The minimum Gasteiger partial charge on any atom is -0.372 e. The summed E-state index contributed by atoms with van der Waals surface area (Å²) in [4.78, 5) is 21.2. The van der Waals surface area contributed by atoms with E-state index in [-0.39, 0.29) is 12.1 Å². The van der Waals surface area contributed by atoms with Gasteiger partial charge < -0.3 is 9.80 Å². The number of pyridine rings is 1. The van der Waals surface area contributed by atoms with Crippen molar-refractivity contribution in [1.82, 2.24) is 19.5 Å². The summed E-state index contributed by atoms with van der Waals surface area (Å²) in [6, 6.07) is 13.7. The second-order valence-corrected chi connectivity index (χ2v) is 6.36. The number of benzene rings is 1. The summed E-state index contributed by atoms with van der Waals surface area (Å²) in [6.45, 7) is 3.38. The molecule has 3 heterocycles. The van der Waals surface area contributed by atoms with E-state index in [2.05, 4.69) is 46.4 Å². The highest BCUT2D eigenvalue weighted by Gasteiger charge is 2.27. The third-order valence-electron chi connectivity index (χ3n) is 4.53. The van der Waals surface area contributed by atoms with Crippen LogP contribution in [0.4, 0.5) is 16.4 Å². The zero-order chi connectivity index (χ0) is 17.4. The van der Waals surface area contributed by atoms with E-state index in [1.54, 1.807) is 10.7 Å². The number of aromatic nitrogens is 3. The number of nitrogens with zero attached hydrogens (tertiary/aromatic N) is 5. The predicted molar refractivity (Wildman–Crippen MR) is 96.7 cm³/mol. The molecule has 25 heavy (non-hydrogen) atoms. The number of hydrogen-bond acceptors (Lipinski definition) is 4. The van der Waals surface area contributed by atoms with E-state index in [0.717, 1.165) is 17.8 Å². The molecule has 0 bridgehead atoms. The first kappa shape index (κ1) is 15.4. The SMILES string of the molecule is C[C@H]1CN(C)c2ccccc2CN1C(=O)Nc1nc2ccccn2n1. The minimum absolute atomic E-state index is 0.0643. The van der Waals surface area contributed by atoms with Crippen molar-refractivity contribution in [3.05, 3.63) is 54.2 Å². The van der Waals surface area contributed by atoms with Crippen molar-refractivity contribution in [3.8, 4) is 0 Å². The fourth-order valence-electron chi connectivity index (χ4n) is 3.27. The van der Waals surface area contributed by atoms with Crippen LogP contribution in [0.2, 0.25) is 0 Å². The Hall–Kier alpha value is -3.09. The van der Waals surface area contributed by atoms with Gasteiger partial charge in [-0.3, -0.25) is 5.32 Å². The lowest BCUT2D eigenvalue weighted by molar-refractivity contribution is 0.192. The summed E-state index contributed by atoms with van der Waals surface area (Å²) >= 11 is 0. The van der Waals surface area contributed by atoms with E-state index in [9.17, 15) is 4.79 Å². The van der Waals surface area contributed by atoms with Crippen molar-refractivity contribution in [2.24, 2.45) is 0 Å². The van der Waals surface area contributed by atoms with Gasteiger partial charge in [-0.15, -0.1) is 5.10 Å². The van der Waals surface area contributed by atoms with Gasteiger partial charge in [0, 0.05) is 38.1 Å². The number of fused-ring (bicyclic) bond motifs is 2. The molecule has 0 saturated heterocycles. The van der Waals surface area contributed by atoms with Gasteiger partial charge in [-0.05, 0) is 30.7 Å². The Morgan fingerprint density at radius 2 is 2.00 bits per heavy atom. The average Bonchev–Trinajstić information content (AvgIpc) is 2.96. The normalized spacial score (nSPS) is 17.3. The Morgan fingerprint density at radius 1 is 1.20 bits per heavy atom. The average molecular weight is 336 g/mol. The van der Waals surface area contributed by atoms with Crippen LogP contribution in [-0.2, 0) is 6.54 Å². The van der Waals surface area contributed by atoms with Crippen LogP contribution in [0.25, 0.3) is 5.65 Å². The molecule has 0 spiro atoms. The number of carbonyl (C=O) groups excluding carboxylic acids is 1. The molecule has 1 aliphatic rings. The van der Waals surface area contributed by atoms with E-state index in [1.807, 2.05) is 35.2 Å². The monoisotopic (exact) mass is 336 g/mol. The van der Waals surface area contributed by atoms with Crippen LogP contribution >= 0.6 is 0 Å². The van der Waals surface area contributed by atoms with E-state index < -0.39 is 0 Å². The molecular weight excluding hydrogens is 316 g/mol. The third-order valence-corrected chi connectivity index (χ3v) is 4.53. The highest BCUT2D eigenvalue weighted by atomic mass is 16.2. The van der Waals surface area contributed by atoms with Crippen LogP contribution in [0.5, 0.6) is 0 Å². The van der Waals surface area contributed by atoms with Crippen LogP contribution in [0.1, 0.15) is 12.5 Å². The van der Waals surface area contributed by atoms with Gasteiger partial charge in [0.25, 0.3) is 5.95 Å². The first-order valence-corrected chi connectivity index (χ1v) is 8.30. The summed E-state index contributed by atoms with van der Waals surface area (Å²) in [5.41, 5.74) is 3.00. The van der Waals surface area contributed by atoms with Crippen LogP contribution in [-0.4, -0.2) is 45.2 Å². The molecule has 7 nitrogen and oxygen atoms in total. The van der Waals surface area contributed by atoms with E-state index >= 15 is 0 Å². The molecular formula is C18H20N6O. The molecule has 2 aromatic heterocycles. The molecule has 0 aliphatic carbocycles. The maximum absolute atomic E-state index is 12.8. The fraction of sp³-hybridized carbons (Fsp3) is 0.278. The first-order chi connectivity index (χ1) is 12.1. The Bertz CT molecular complexity index is 888. The van der Waals surface area contributed by atoms with Gasteiger partial charge in [0.2, 0.25) is 0 Å². The molecule has 1 N–H and O–H groups in total. The van der Waals surface area contributed by atoms with Crippen molar-refractivity contribution in [2.75, 3.05) is 23.8 Å². The van der Waals surface area contributed by atoms with E-state index in [4.69, 9.17) is 0 Å². The minimum atomic E-state index is -0.187. The summed E-state index contributed by atoms with van der Waals surface area (Å²) in [6.07, 6.45) is 1.80. The van der Waals surface area contributed by atoms with Gasteiger partial charge >= 0.3 is 6.03 Å². The van der Waals surface area contributed by atoms with Gasteiger partial charge in [-0.1, -0.05) is 24.3 Å². The highest BCUT2D eigenvalue weighted by Crippen LogP contribution is 2.26. The zero-order valence-corrected chi connectivity index (χ0v) is 14.3. The molecule has 0 fully saturated rings. The van der Waals surface area contributed by atoms with Gasteiger partial charge in [-0.2, -0.15) is 4.98 Å². The largest absolute Gasteiger partial charge is 0.372 e. The predicted octanol–water partition coefficient (Wildman–Crippen LogP) is 2.60. The van der Waals surface area contributed by atoms with E-state index in [0.29, 0.717) is 18.1 Å². The summed E-state index contributed by atoms with van der Waals surface area (Å²) in [5, 5.41) is 7.12. The lowest BCUT2D eigenvalue weighted by Gasteiger charge is -2.28. The number of hydrogen-bond donors (Lipinski definition) is 1. The number of carbonyl (C=O) groups is 1. The van der Waals surface area contributed by atoms with Gasteiger partial charge in [0.15, 0.2) is 5.65 Å². The van der Waals surface area contributed by atoms with Gasteiger partial charge in [-0.25, -0.2) is 9.31 Å². The third kappa shape index (κ3) is 2.88. The van der Waals surface area contributed by atoms with Crippen molar-refractivity contribution in [1.29, 1.82) is 0 Å². The number of amides is 2. The van der Waals surface area contributed by atoms with Crippen molar-refractivity contribution < 1.29 is 4.79 Å². The molecule has 2 amide bonds. The number of urea groups is 1. The molecule has 7 heteroatoms. The Labute approximate surface area is 145 Å². The van der Waals surface area contributed by atoms with Crippen LogP contribution in [0, 0.1) is 0 Å². The molecule has 128 valence electrons. The lowest BCUT2D eigenvalue weighted by Crippen LogP contribution is -2.44. The van der Waals surface area contributed by atoms with Gasteiger partial charge in [0.1, 0.15) is 0 Å². The van der Waals surface area contributed by atoms with Crippen LogP contribution in [0.3, 0.4) is 0 Å². The Balaban J connectivity index is 1.58. The number of nitrogens with one attached hydrogen (secondary N) is 1. The fourth-order valence-corrected chi connectivity index (χ4v) is 3.27. The highest BCUT2D eigenvalue weighted by molar-refractivity contribution is 5.88. The van der Waals surface area contributed by atoms with Crippen LogP contribution in [0.15, 0.2) is 48.7 Å². The number of likely N-dealkylation sites (N-methyl/N-ethyl adjacent to an activating group) is 1. The van der Waals surface area contributed by atoms with Crippen molar-refractivity contribution in [2.45, 2.75) is 19.5 Å². The number of para-hydroxylation sites is 1.